The van der Waals surface area contributed by atoms with Gasteiger partial charge >= 0.3 is 0 Å². The van der Waals surface area contributed by atoms with Gasteiger partial charge in [-0.2, -0.15) is 0 Å². The first-order valence-electron chi connectivity index (χ1n) is 9.34. The number of aromatic nitrogens is 2. The Bertz CT molecular complexity index is 932. The summed E-state index contributed by atoms with van der Waals surface area (Å²) in [7, 11) is 1.55. The van der Waals surface area contributed by atoms with Crippen LogP contribution in [0.25, 0.3) is 22.2 Å². The molecular formula is C21H24FN3O2. The topological polar surface area (TPSA) is 61.4 Å². The molecule has 1 aliphatic heterocycles. The number of hydrogen-bond donors (Lipinski definition) is 2. The molecule has 0 radical (unpaired) electrons. The van der Waals surface area contributed by atoms with E-state index in [1.807, 2.05) is 6.07 Å². The molecule has 3 aromatic rings. The minimum Gasteiger partial charge on any atom is -0.496 e. The van der Waals surface area contributed by atoms with Crippen LogP contribution in [-0.2, 0) is 0 Å². The van der Waals surface area contributed by atoms with E-state index >= 15 is 0 Å². The number of aliphatic hydroxyl groups excluding tert-OH is 1. The maximum Gasteiger partial charge on any atom is 0.138 e. The zero-order valence-electron chi connectivity index (χ0n) is 15.4. The van der Waals surface area contributed by atoms with Gasteiger partial charge < -0.3 is 19.7 Å². The number of nitrogens with one attached hydrogen (secondary N) is 1. The predicted octanol–water partition coefficient (Wildman–Crippen LogP) is 3.55. The minimum absolute atomic E-state index is 0.212. The smallest absolute Gasteiger partial charge is 0.138 e. The third-order valence-corrected chi connectivity index (χ3v) is 5.45. The Labute approximate surface area is 157 Å². The number of benzene rings is 1. The van der Waals surface area contributed by atoms with Crippen molar-refractivity contribution in [3.05, 3.63) is 48.0 Å². The van der Waals surface area contributed by atoms with Crippen molar-refractivity contribution in [2.24, 2.45) is 0 Å². The van der Waals surface area contributed by atoms with Gasteiger partial charge in [-0.15, -0.1) is 0 Å². The predicted molar refractivity (Wildman–Crippen MR) is 104 cm³/mol. The molecule has 4 rings (SSSR count). The van der Waals surface area contributed by atoms with Crippen LogP contribution in [0.4, 0.5) is 4.39 Å². The highest BCUT2D eigenvalue weighted by molar-refractivity contribution is 5.95. The number of methoxy groups -OCH3 is 1. The summed E-state index contributed by atoms with van der Waals surface area (Å²) >= 11 is 0. The van der Waals surface area contributed by atoms with E-state index in [0.29, 0.717) is 11.7 Å². The number of β-amino-alcohol motifs (C(OH)–C–C–N with tert-alkyl or cyclic N) is 1. The van der Waals surface area contributed by atoms with Gasteiger partial charge in [-0.1, -0.05) is 0 Å². The van der Waals surface area contributed by atoms with Crippen LogP contribution in [0.2, 0.25) is 0 Å². The molecule has 1 aromatic carbocycles. The molecule has 1 saturated heterocycles. The zero-order chi connectivity index (χ0) is 18.8. The first-order chi connectivity index (χ1) is 13.2. The highest BCUT2D eigenvalue weighted by Gasteiger charge is 2.22. The van der Waals surface area contributed by atoms with Crippen molar-refractivity contribution in [2.45, 2.75) is 18.8 Å². The number of aliphatic hydroxyl groups is 1. The van der Waals surface area contributed by atoms with Gasteiger partial charge in [0.2, 0.25) is 0 Å². The van der Waals surface area contributed by atoms with Crippen LogP contribution in [0.3, 0.4) is 0 Å². The Morgan fingerprint density at radius 1 is 1.22 bits per heavy atom. The molecule has 27 heavy (non-hydrogen) atoms. The maximum absolute atomic E-state index is 13.6. The van der Waals surface area contributed by atoms with Gasteiger partial charge in [0.25, 0.3) is 0 Å². The number of hydrogen-bond acceptors (Lipinski definition) is 4. The van der Waals surface area contributed by atoms with Gasteiger partial charge in [-0.05, 0) is 55.8 Å². The number of halogens is 1. The fourth-order valence-electron chi connectivity index (χ4n) is 4.00. The molecule has 0 spiro atoms. The average molecular weight is 369 g/mol. The van der Waals surface area contributed by atoms with Gasteiger partial charge in [-0.3, -0.25) is 0 Å². The van der Waals surface area contributed by atoms with Crippen LogP contribution < -0.4 is 4.74 Å². The number of rotatable bonds is 5. The Morgan fingerprint density at radius 3 is 2.78 bits per heavy atom. The second-order valence-corrected chi connectivity index (χ2v) is 7.03. The average Bonchev–Trinajstić information content (AvgIpc) is 3.13. The van der Waals surface area contributed by atoms with Gasteiger partial charge in [0, 0.05) is 41.4 Å². The number of nitrogens with zero attached hydrogens (tertiary/aromatic N) is 2. The molecule has 142 valence electrons. The van der Waals surface area contributed by atoms with Crippen molar-refractivity contribution in [3.63, 3.8) is 0 Å². The standard InChI is InChI=1S/C21H24FN3O2/c1-27-20-12-15(22)2-3-17(20)16-4-7-23-21-18(16)13-19(24-21)14-5-8-25(9-6-14)10-11-26/h2-4,7,12-14,26H,5-6,8-11H2,1H3,(H,23,24). The van der Waals surface area contributed by atoms with Crippen LogP contribution in [0.15, 0.2) is 36.5 Å². The van der Waals surface area contributed by atoms with Gasteiger partial charge in [0.05, 0.1) is 13.7 Å². The highest BCUT2D eigenvalue weighted by Crippen LogP contribution is 2.37. The molecular weight excluding hydrogens is 345 g/mol. The lowest BCUT2D eigenvalue weighted by atomic mass is 9.93. The lowest BCUT2D eigenvalue weighted by Gasteiger charge is -2.30. The number of H-pyrrole nitrogens is 1. The van der Waals surface area contributed by atoms with Crippen molar-refractivity contribution < 1.29 is 14.2 Å². The first kappa shape index (κ1) is 17.9. The van der Waals surface area contributed by atoms with Crippen molar-refractivity contribution >= 4 is 11.0 Å². The van der Waals surface area contributed by atoms with Crippen LogP contribution >= 0.6 is 0 Å². The first-order valence-corrected chi connectivity index (χ1v) is 9.34. The number of likely N-dealkylation sites (tertiary alicyclic amines) is 1. The molecule has 6 heteroatoms. The molecule has 1 fully saturated rings. The molecule has 2 N–H and O–H groups in total. The van der Waals surface area contributed by atoms with Crippen molar-refractivity contribution in [1.82, 2.24) is 14.9 Å². The van der Waals surface area contributed by atoms with Crippen LogP contribution in [0.5, 0.6) is 5.75 Å². The normalized spacial score (nSPS) is 16.1. The Balaban J connectivity index is 1.67. The summed E-state index contributed by atoms with van der Waals surface area (Å²) < 4.78 is 19.0. The van der Waals surface area contributed by atoms with E-state index in [4.69, 9.17) is 9.84 Å². The SMILES string of the molecule is COc1cc(F)ccc1-c1ccnc2[nH]c(C3CCN(CCO)CC3)cc12. The Morgan fingerprint density at radius 2 is 2.04 bits per heavy atom. The van der Waals surface area contributed by atoms with E-state index in [9.17, 15) is 4.39 Å². The van der Waals surface area contributed by atoms with Crippen molar-refractivity contribution in [3.8, 4) is 16.9 Å². The highest BCUT2D eigenvalue weighted by atomic mass is 19.1. The third kappa shape index (κ3) is 3.55. The molecule has 0 unspecified atom stereocenters. The zero-order valence-corrected chi connectivity index (χ0v) is 15.4. The quantitative estimate of drug-likeness (QED) is 0.722. The molecule has 0 bridgehead atoms. The summed E-state index contributed by atoms with van der Waals surface area (Å²) in [4.78, 5) is 10.3. The number of ether oxygens (including phenoxy) is 1. The van der Waals surface area contributed by atoms with Gasteiger partial charge in [0.1, 0.15) is 17.2 Å². The number of pyridine rings is 1. The van der Waals surface area contributed by atoms with Crippen molar-refractivity contribution in [1.29, 1.82) is 0 Å². The summed E-state index contributed by atoms with van der Waals surface area (Å²) in [5.74, 6) is 0.657. The largest absolute Gasteiger partial charge is 0.496 e. The van der Waals surface area contributed by atoms with E-state index in [2.05, 4.69) is 20.9 Å². The summed E-state index contributed by atoms with van der Waals surface area (Å²) in [6, 6.07) is 8.73. The molecule has 1 aliphatic rings. The Kier molecular flexibility index (Phi) is 5.09. The Hall–Kier alpha value is -2.44. The van der Waals surface area contributed by atoms with E-state index in [-0.39, 0.29) is 12.4 Å². The van der Waals surface area contributed by atoms with E-state index < -0.39 is 0 Å². The monoisotopic (exact) mass is 369 g/mol. The lowest BCUT2D eigenvalue weighted by molar-refractivity contribution is 0.163. The molecule has 3 heterocycles. The molecule has 5 nitrogen and oxygen atoms in total. The fraction of sp³-hybridized carbons (Fsp3) is 0.381. The molecule has 2 aromatic heterocycles. The molecule has 0 aliphatic carbocycles. The van der Waals surface area contributed by atoms with E-state index in [0.717, 1.165) is 54.6 Å². The molecule has 0 amide bonds. The number of aromatic amines is 1. The second-order valence-electron chi connectivity index (χ2n) is 7.03. The summed E-state index contributed by atoms with van der Waals surface area (Å²) in [5, 5.41) is 10.1. The fourth-order valence-corrected chi connectivity index (χ4v) is 4.00. The third-order valence-electron chi connectivity index (χ3n) is 5.45. The van der Waals surface area contributed by atoms with Gasteiger partial charge in [0.15, 0.2) is 0 Å². The number of piperidine rings is 1. The lowest BCUT2D eigenvalue weighted by Crippen LogP contribution is -2.35. The van der Waals surface area contributed by atoms with Crippen LogP contribution in [0, 0.1) is 5.82 Å². The minimum atomic E-state index is -0.315. The van der Waals surface area contributed by atoms with Gasteiger partial charge in [-0.25, -0.2) is 9.37 Å². The van der Waals surface area contributed by atoms with Crippen LogP contribution in [0.1, 0.15) is 24.5 Å². The summed E-state index contributed by atoms with van der Waals surface area (Å²) in [6.45, 7) is 2.94. The number of fused-ring (bicyclic) bond motifs is 1. The molecule has 0 saturated carbocycles. The van der Waals surface area contributed by atoms with Crippen LogP contribution in [-0.4, -0.2) is 53.3 Å². The summed E-state index contributed by atoms with van der Waals surface area (Å²) in [5.41, 5.74) is 3.87. The summed E-state index contributed by atoms with van der Waals surface area (Å²) in [6.07, 6.45) is 3.88. The van der Waals surface area contributed by atoms with E-state index in [1.165, 1.54) is 17.8 Å². The molecule has 0 atom stereocenters. The maximum atomic E-state index is 13.6. The van der Waals surface area contributed by atoms with Crippen molar-refractivity contribution in [2.75, 3.05) is 33.4 Å². The second kappa shape index (κ2) is 7.66. The van der Waals surface area contributed by atoms with E-state index in [1.54, 1.807) is 19.4 Å².